The molecule has 4 nitrogen and oxygen atoms in total. The lowest BCUT2D eigenvalue weighted by atomic mass is 10.2. The number of rotatable bonds is 5. The monoisotopic (exact) mass is 375 g/mol. The minimum absolute atomic E-state index is 0.144. The minimum Gasteiger partial charge on any atom is -0.489 e. The Morgan fingerprint density at radius 1 is 1.22 bits per heavy atom. The largest absolute Gasteiger partial charge is 0.489 e. The van der Waals surface area contributed by atoms with Gasteiger partial charge in [-0.25, -0.2) is 0 Å². The van der Waals surface area contributed by atoms with Gasteiger partial charge in [-0.15, -0.1) is 0 Å². The summed E-state index contributed by atoms with van der Waals surface area (Å²) in [5.74, 6) is 0.499. The molecule has 1 amide bonds. The first-order chi connectivity index (χ1) is 11.2. The molecule has 1 unspecified atom stereocenters. The second-order valence-corrected chi connectivity index (χ2v) is 6.32. The van der Waals surface area contributed by atoms with Crippen LogP contribution in [0.2, 0.25) is 0 Å². The van der Waals surface area contributed by atoms with Gasteiger partial charge in [0.1, 0.15) is 12.4 Å². The molecule has 0 aliphatic carbocycles. The van der Waals surface area contributed by atoms with Gasteiger partial charge in [0.15, 0.2) is 0 Å². The quantitative estimate of drug-likeness (QED) is 0.848. The summed E-state index contributed by atoms with van der Waals surface area (Å²) in [4.78, 5) is 12.3. The fraction of sp³-hybridized carbons (Fsp3) is 0.278. The zero-order valence-corrected chi connectivity index (χ0v) is 14.2. The van der Waals surface area contributed by atoms with Crippen LogP contribution in [0, 0.1) is 0 Å². The average Bonchev–Trinajstić information content (AvgIpc) is 3.08. The maximum absolute atomic E-state index is 12.3. The molecule has 3 rings (SSSR count). The highest BCUT2D eigenvalue weighted by Gasteiger charge is 2.17. The van der Waals surface area contributed by atoms with Crippen molar-refractivity contribution in [1.29, 1.82) is 0 Å². The van der Waals surface area contributed by atoms with Crippen molar-refractivity contribution in [3.05, 3.63) is 58.6 Å². The predicted molar refractivity (Wildman–Crippen MR) is 93.0 cm³/mol. The molecular formula is C18H18BrNO3. The molecule has 120 valence electrons. The molecule has 1 aliphatic heterocycles. The van der Waals surface area contributed by atoms with E-state index in [1.165, 1.54) is 0 Å². The zero-order chi connectivity index (χ0) is 16.1. The summed E-state index contributed by atoms with van der Waals surface area (Å²) in [6.07, 6.45) is 2.24. The summed E-state index contributed by atoms with van der Waals surface area (Å²) in [7, 11) is 0. The summed E-state index contributed by atoms with van der Waals surface area (Å²) in [5.41, 5.74) is 1.26. The third-order valence-corrected chi connectivity index (χ3v) is 4.22. The highest BCUT2D eigenvalue weighted by atomic mass is 79.9. The summed E-state index contributed by atoms with van der Waals surface area (Å²) in [5, 5.41) is 2.90. The lowest BCUT2D eigenvalue weighted by Gasteiger charge is -2.15. The Morgan fingerprint density at radius 3 is 2.74 bits per heavy atom. The number of carbonyl (C=O) groups excluding carboxylic acids is 1. The van der Waals surface area contributed by atoms with Crippen LogP contribution in [0.15, 0.2) is 53.0 Å². The third-order valence-electron chi connectivity index (χ3n) is 3.69. The van der Waals surface area contributed by atoms with Crippen molar-refractivity contribution in [1.82, 2.24) is 0 Å². The van der Waals surface area contributed by atoms with E-state index in [4.69, 9.17) is 9.47 Å². The Balaban J connectivity index is 1.67. The summed E-state index contributed by atoms with van der Waals surface area (Å²) in [6.45, 7) is 1.31. The van der Waals surface area contributed by atoms with Crippen molar-refractivity contribution < 1.29 is 14.3 Å². The smallest absolute Gasteiger partial charge is 0.255 e. The van der Waals surface area contributed by atoms with Gasteiger partial charge in [-0.2, -0.15) is 0 Å². The van der Waals surface area contributed by atoms with Crippen molar-refractivity contribution >= 4 is 27.5 Å². The van der Waals surface area contributed by atoms with E-state index in [1.54, 1.807) is 12.1 Å². The number of ether oxygens (including phenoxy) is 2. The van der Waals surface area contributed by atoms with Gasteiger partial charge in [-0.3, -0.25) is 4.79 Å². The van der Waals surface area contributed by atoms with Gasteiger partial charge in [0, 0.05) is 16.6 Å². The van der Waals surface area contributed by atoms with Gasteiger partial charge in [-0.1, -0.05) is 28.1 Å². The first kappa shape index (κ1) is 16.0. The normalized spacial score (nSPS) is 17.0. The molecule has 1 heterocycles. The Bertz CT molecular complexity index is 666. The van der Waals surface area contributed by atoms with E-state index in [2.05, 4.69) is 21.2 Å². The Morgan fingerprint density at radius 2 is 2.00 bits per heavy atom. The molecule has 2 aromatic rings. The second kappa shape index (κ2) is 7.62. The predicted octanol–water partition coefficient (Wildman–Crippen LogP) is 4.26. The van der Waals surface area contributed by atoms with E-state index < -0.39 is 0 Å². The van der Waals surface area contributed by atoms with E-state index >= 15 is 0 Å². The number of para-hydroxylation sites is 2. The standard InChI is InChI=1S/C18H18BrNO3/c19-14-9-7-13(8-10-14)18(21)20-16-5-1-2-6-17(16)23-12-15-4-3-11-22-15/h1-2,5-10,15H,3-4,11-12H2,(H,20,21). The van der Waals surface area contributed by atoms with Crippen molar-refractivity contribution in [2.45, 2.75) is 18.9 Å². The van der Waals surface area contributed by atoms with Crippen LogP contribution in [-0.2, 0) is 4.74 Å². The maximum Gasteiger partial charge on any atom is 0.255 e. The second-order valence-electron chi connectivity index (χ2n) is 5.40. The number of halogens is 1. The molecule has 1 saturated heterocycles. The average molecular weight is 376 g/mol. The van der Waals surface area contributed by atoms with E-state index in [-0.39, 0.29) is 12.0 Å². The van der Waals surface area contributed by atoms with Gasteiger partial charge >= 0.3 is 0 Å². The molecule has 0 saturated carbocycles. The molecule has 0 spiro atoms. The third kappa shape index (κ3) is 4.33. The van der Waals surface area contributed by atoms with Crippen LogP contribution in [-0.4, -0.2) is 25.2 Å². The van der Waals surface area contributed by atoms with Crippen LogP contribution >= 0.6 is 15.9 Å². The van der Waals surface area contributed by atoms with E-state index in [0.717, 1.165) is 23.9 Å². The van der Waals surface area contributed by atoms with Crippen LogP contribution in [0.1, 0.15) is 23.2 Å². The molecule has 0 bridgehead atoms. The number of carbonyl (C=O) groups is 1. The molecule has 1 N–H and O–H groups in total. The molecule has 2 aromatic carbocycles. The molecular weight excluding hydrogens is 358 g/mol. The van der Waals surface area contributed by atoms with Gasteiger partial charge < -0.3 is 14.8 Å². The highest BCUT2D eigenvalue weighted by molar-refractivity contribution is 9.10. The van der Waals surface area contributed by atoms with Gasteiger partial charge in [0.2, 0.25) is 0 Å². The van der Waals surface area contributed by atoms with Crippen LogP contribution < -0.4 is 10.1 Å². The fourth-order valence-electron chi connectivity index (χ4n) is 2.45. The van der Waals surface area contributed by atoms with Crippen molar-refractivity contribution in [2.75, 3.05) is 18.5 Å². The highest BCUT2D eigenvalue weighted by Crippen LogP contribution is 2.25. The molecule has 5 heteroatoms. The molecule has 1 aliphatic rings. The van der Waals surface area contributed by atoms with Gasteiger partial charge in [0.25, 0.3) is 5.91 Å². The number of benzene rings is 2. The number of nitrogens with one attached hydrogen (secondary N) is 1. The lowest BCUT2D eigenvalue weighted by Crippen LogP contribution is -2.18. The van der Waals surface area contributed by atoms with Gasteiger partial charge in [-0.05, 0) is 49.2 Å². The Hall–Kier alpha value is -1.85. The van der Waals surface area contributed by atoms with Crippen molar-refractivity contribution in [2.24, 2.45) is 0 Å². The van der Waals surface area contributed by atoms with Crippen molar-refractivity contribution in [3.63, 3.8) is 0 Å². The lowest BCUT2D eigenvalue weighted by molar-refractivity contribution is 0.0682. The van der Waals surface area contributed by atoms with Gasteiger partial charge in [0.05, 0.1) is 11.8 Å². The minimum atomic E-state index is -0.161. The van der Waals surface area contributed by atoms with E-state index in [9.17, 15) is 4.79 Å². The topological polar surface area (TPSA) is 47.6 Å². The number of amides is 1. The molecule has 1 atom stereocenters. The van der Waals surface area contributed by atoms with Crippen LogP contribution in [0.3, 0.4) is 0 Å². The summed E-state index contributed by atoms with van der Waals surface area (Å²) >= 11 is 3.36. The van der Waals surface area contributed by atoms with Crippen LogP contribution in [0.4, 0.5) is 5.69 Å². The van der Waals surface area contributed by atoms with E-state index in [1.807, 2.05) is 36.4 Å². The summed E-state index contributed by atoms with van der Waals surface area (Å²) in [6, 6.07) is 14.7. The fourth-order valence-corrected chi connectivity index (χ4v) is 2.71. The Kier molecular flexibility index (Phi) is 5.31. The SMILES string of the molecule is O=C(Nc1ccccc1OCC1CCCO1)c1ccc(Br)cc1. The maximum atomic E-state index is 12.3. The number of hydrogen-bond acceptors (Lipinski definition) is 3. The molecule has 1 fully saturated rings. The van der Waals surface area contributed by atoms with Crippen LogP contribution in [0.25, 0.3) is 0 Å². The first-order valence-electron chi connectivity index (χ1n) is 7.63. The molecule has 0 radical (unpaired) electrons. The Labute approximate surface area is 143 Å². The molecule has 23 heavy (non-hydrogen) atoms. The van der Waals surface area contributed by atoms with E-state index in [0.29, 0.717) is 23.6 Å². The zero-order valence-electron chi connectivity index (χ0n) is 12.6. The summed E-state index contributed by atoms with van der Waals surface area (Å²) < 4.78 is 12.3. The molecule has 0 aromatic heterocycles. The number of hydrogen-bond donors (Lipinski definition) is 1. The first-order valence-corrected chi connectivity index (χ1v) is 8.42. The van der Waals surface area contributed by atoms with Crippen molar-refractivity contribution in [3.8, 4) is 5.75 Å². The number of anilines is 1. The van der Waals surface area contributed by atoms with Crippen LogP contribution in [0.5, 0.6) is 5.75 Å².